The van der Waals surface area contributed by atoms with Gasteiger partial charge in [-0.25, -0.2) is 4.79 Å². The lowest BCUT2D eigenvalue weighted by Gasteiger charge is -2.62. The van der Waals surface area contributed by atoms with Gasteiger partial charge in [-0.15, -0.1) is 0 Å². The monoisotopic (exact) mass is 606 g/mol. The number of ether oxygens (including phenoxy) is 3. The zero-order chi connectivity index (χ0) is 31.7. The molecule has 0 aromatic rings. The Balaban J connectivity index is 1.28. The summed E-state index contributed by atoms with van der Waals surface area (Å²) in [4.78, 5) is 47.6. The van der Waals surface area contributed by atoms with Crippen LogP contribution < -0.4 is 0 Å². The van der Waals surface area contributed by atoms with E-state index in [-0.39, 0.29) is 48.2 Å². The third kappa shape index (κ3) is 7.39. The summed E-state index contributed by atoms with van der Waals surface area (Å²) in [6, 6.07) is 0. The van der Waals surface area contributed by atoms with E-state index in [2.05, 4.69) is 20.8 Å². The standard InChI is InChI=1S/C34H54O9/c1-20(7-12-28(36)37)24-10-11-25-23-9-8-21-17-22(15-16-33(21,5)26(23)18-27(35)34(24,25)6)42-30(39)14-13-29(38)41-19-31(40)43-32(2,3)4/h20-27,35H,7-19H2,1-6H3,(H,36,37). The molecule has 9 heteroatoms. The second kappa shape index (κ2) is 13.1. The van der Waals surface area contributed by atoms with Crippen molar-refractivity contribution in [3.63, 3.8) is 0 Å². The Bertz CT molecular complexity index is 1050. The number of carbonyl (C=O) groups is 4. The fourth-order valence-corrected chi connectivity index (χ4v) is 9.83. The van der Waals surface area contributed by atoms with Gasteiger partial charge in [0.25, 0.3) is 0 Å². The molecule has 0 spiro atoms. The maximum absolute atomic E-state index is 12.6. The van der Waals surface area contributed by atoms with Gasteiger partial charge in [-0.2, -0.15) is 0 Å². The number of esters is 3. The number of hydrogen-bond donors (Lipinski definition) is 2. The number of hydrogen-bond acceptors (Lipinski definition) is 8. The van der Waals surface area contributed by atoms with Crippen molar-refractivity contribution in [3.05, 3.63) is 0 Å². The Morgan fingerprint density at radius 3 is 2.26 bits per heavy atom. The third-order valence-corrected chi connectivity index (χ3v) is 11.9. The van der Waals surface area contributed by atoms with Crippen molar-refractivity contribution in [2.24, 2.45) is 46.3 Å². The number of carboxylic acids is 1. The summed E-state index contributed by atoms with van der Waals surface area (Å²) in [6.07, 6.45) is 7.76. The van der Waals surface area contributed by atoms with Crippen molar-refractivity contribution in [1.29, 1.82) is 0 Å². The lowest BCUT2D eigenvalue weighted by molar-refractivity contribution is -0.182. The summed E-state index contributed by atoms with van der Waals surface area (Å²) in [5, 5.41) is 20.9. The first-order valence-corrected chi connectivity index (χ1v) is 16.5. The Labute approximate surface area is 256 Å². The zero-order valence-electron chi connectivity index (χ0n) is 27.1. The van der Waals surface area contributed by atoms with Gasteiger partial charge in [0.2, 0.25) is 0 Å². The highest BCUT2D eigenvalue weighted by Gasteiger charge is 2.63. The largest absolute Gasteiger partial charge is 0.481 e. The van der Waals surface area contributed by atoms with E-state index in [9.17, 15) is 29.4 Å². The smallest absolute Gasteiger partial charge is 0.344 e. The third-order valence-electron chi connectivity index (χ3n) is 11.9. The van der Waals surface area contributed by atoms with Crippen LogP contribution in [0.1, 0.15) is 119 Å². The van der Waals surface area contributed by atoms with Gasteiger partial charge in [0.05, 0.1) is 18.9 Å². The van der Waals surface area contributed by atoms with Gasteiger partial charge in [0.15, 0.2) is 6.61 Å². The minimum atomic E-state index is -0.749. The number of aliphatic hydroxyl groups excluding tert-OH is 1. The highest BCUT2D eigenvalue weighted by molar-refractivity contribution is 5.80. The van der Waals surface area contributed by atoms with Gasteiger partial charge in [0.1, 0.15) is 11.7 Å². The first kappa shape index (κ1) is 33.7. The number of aliphatic hydroxyl groups is 1. The number of carbonyl (C=O) groups excluding carboxylic acids is 3. The molecule has 10 unspecified atom stereocenters. The van der Waals surface area contributed by atoms with Crippen molar-refractivity contribution in [3.8, 4) is 0 Å². The highest BCUT2D eigenvalue weighted by atomic mass is 16.6. The molecule has 0 amide bonds. The minimum Gasteiger partial charge on any atom is -0.481 e. The van der Waals surface area contributed by atoms with E-state index in [0.29, 0.717) is 36.0 Å². The molecule has 0 radical (unpaired) electrons. The van der Waals surface area contributed by atoms with Crippen LogP contribution in [0.5, 0.6) is 0 Å². The molecule has 0 saturated heterocycles. The predicted octanol–water partition coefficient (Wildman–Crippen LogP) is 5.69. The van der Waals surface area contributed by atoms with Crippen LogP contribution in [-0.4, -0.2) is 58.5 Å². The van der Waals surface area contributed by atoms with E-state index < -0.39 is 36.1 Å². The summed E-state index contributed by atoms with van der Waals surface area (Å²) in [5.41, 5.74) is -0.738. The van der Waals surface area contributed by atoms with E-state index in [1.54, 1.807) is 20.8 Å². The van der Waals surface area contributed by atoms with Crippen molar-refractivity contribution in [2.75, 3.05) is 6.61 Å². The molecular formula is C34H54O9. The molecule has 4 rings (SSSR count). The first-order valence-electron chi connectivity index (χ1n) is 16.5. The molecule has 0 aromatic heterocycles. The van der Waals surface area contributed by atoms with Crippen molar-refractivity contribution in [1.82, 2.24) is 0 Å². The molecule has 244 valence electrons. The van der Waals surface area contributed by atoms with E-state index >= 15 is 0 Å². The predicted molar refractivity (Wildman–Crippen MR) is 159 cm³/mol. The molecule has 0 aliphatic heterocycles. The van der Waals surface area contributed by atoms with E-state index in [1.807, 2.05) is 0 Å². The summed E-state index contributed by atoms with van der Waals surface area (Å²) < 4.78 is 15.9. The molecular weight excluding hydrogens is 552 g/mol. The molecule has 0 bridgehead atoms. The molecule has 2 N–H and O–H groups in total. The van der Waals surface area contributed by atoms with E-state index in [0.717, 1.165) is 51.4 Å². The van der Waals surface area contributed by atoms with E-state index in [4.69, 9.17) is 14.2 Å². The van der Waals surface area contributed by atoms with Crippen LogP contribution in [0.2, 0.25) is 0 Å². The molecule has 9 nitrogen and oxygen atoms in total. The Morgan fingerprint density at radius 1 is 0.884 bits per heavy atom. The Kier molecular flexibility index (Phi) is 10.2. The zero-order valence-corrected chi connectivity index (χ0v) is 27.1. The number of carboxylic acid groups (broad SMARTS) is 1. The average molecular weight is 607 g/mol. The maximum atomic E-state index is 12.6. The van der Waals surface area contributed by atoms with Crippen LogP contribution in [0, 0.1) is 46.3 Å². The highest BCUT2D eigenvalue weighted by Crippen LogP contribution is 2.68. The summed E-state index contributed by atoms with van der Waals surface area (Å²) in [6.45, 7) is 11.6. The summed E-state index contributed by atoms with van der Waals surface area (Å²) in [7, 11) is 0. The van der Waals surface area contributed by atoms with Crippen molar-refractivity contribution in [2.45, 2.75) is 136 Å². The van der Waals surface area contributed by atoms with Gasteiger partial charge in [0, 0.05) is 6.42 Å². The lowest BCUT2D eigenvalue weighted by atomic mass is 9.43. The maximum Gasteiger partial charge on any atom is 0.344 e. The minimum absolute atomic E-state index is 0.0885. The number of aliphatic carboxylic acids is 1. The first-order chi connectivity index (χ1) is 20.0. The van der Waals surface area contributed by atoms with Crippen LogP contribution in [0.15, 0.2) is 0 Å². The fourth-order valence-electron chi connectivity index (χ4n) is 9.83. The normalized spacial score (nSPS) is 37.7. The Hall–Kier alpha value is -2.16. The lowest BCUT2D eigenvalue weighted by Crippen LogP contribution is -2.59. The molecule has 10 atom stereocenters. The molecule has 43 heavy (non-hydrogen) atoms. The molecule has 4 aliphatic carbocycles. The number of rotatable bonds is 10. The fraction of sp³-hybridized carbons (Fsp3) is 0.882. The van der Waals surface area contributed by atoms with E-state index in [1.165, 1.54) is 0 Å². The van der Waals surface area contributed by atoms with Gasteiger partial charge < -0.3 is 24.4 Å². The van der Waals surface area contributed by atoms with Gasteiger partial charge in [-0.05, 0) is 125 Å². The van der Waals surface area contributed by atoms with Gasteiger partial charge in [-0.3, -0.25) is 14.4 Å². The molecule has 4 saturated carbocycles. The van der Waals surface area contributed by atoms with Crippen LogP contribution in [0.25, 0.3) is 0 Å². The second-order valence-corrected chi connectivity index (χ2v) is 15.5. The molecule has 0 aromatic carbocycles. The van der Waals surface area contributed by atoms with Crippen LogP contribution in [-0.2, 0) is 33.4 Å². The topological polar surface area (TPSA) is 136 Å². The molecule has 4 aliphatic rings. The van der Waals surface area contributed by atoms with Crippen LogP contribution >= 0.6 is 0 Å². The van der Waals surface area contributed by atoms with Crippen molar-refractivity contribution < 1.29 is 43.6 Å². The average Bonchev–Trinajstić information content (AvgIpc) is 3.28. The Morgan fingerprint density at radius 2 is 1.58 bits per heavy atom. The summed E-state index contributed by atoms with van der Waals surface area (Å²) in [5.74, 6) is 0.0761. The quantitative estimate of drug-likeness (QED) is 0.237. The second-order valence-electron chi connectivity index (χ2n) is 15.5. The van der Waals surface area contributed by atoms with Gasteiger partial charge in [-0.1, -0.05) is 20.8 Å². The number of fused-ring (bicyclic) bond motifs is 5. The van der Waals surface area contributed by atoms with Crippen LogP contribution in [0.3, 0.4) is 0 Å². The van der Waals surface area contributed by atoms with Gasteiger partial charge >= 0.3 is 23.9 Å². The SMILES string of the molecule is CC(CCC(=O)O)C1CCC2C3CCC4CC(OC(=O)CCC(=O)OCC(=O)OC(C)(C)C)CCC4(C)C3CC(O)C12C. The summed E-state index contributed by atoms with van der Waals surface area (Å²) >= 11 is 0. The van der Waals surface area contributed by atoms with Crippen molar-refractivity contribution >= 4 is 23.9 Å². The van der Waals surface area contributed by atoms with Crippen LogP contribution in [0.4, 0.5) is 0 Å². The molecule has 4 fully saturated rings. The molecule has 0 heterocycles.